The summed E-state index contributed by atoms with van der Waals surface area (Å²) in [5.74, 6) is 0.558. The van der Waals surface area contributed by atoms with Crippen LogP contribution in [0.4, 0.5) is 0 Å². The third-order valence-corrected chi connectivity index (χ3v) is 5.22. The van der Waals surface area contributed by atoms with Gasteiger partial charge in [-0.25, -0.2) is 4.98 Å². The van der Waals surface area contributed by atoms with Crippen LogP contribution in [0.25, 0.3) is 44.3 Å². The Kier molecular flexibility index (Phi) is 4.36. The summed E-state index contributed by atoms with van der Waals surface area (Å²) in [6.45, 7) is 4.42. The highest BCUT2D eigenvalue weighted by Gasteiger charge is 2.14. The number of aromatic nitrogens is 2. The van der Waals surface area contributed by atoms with Gasteiger partial charge in [0.05, 0.1) is 12.0 Å². The van der Waals surface area contributed by atoms with Gasteiger partial charge in [-0.3, -0.25) is 4.98 Å². The predicted molar refractivity (Wildman–Crippen MR) is 119 cm³/mol. The Hall–Kier alpha value is -3.46. The van der Waals surface area contributed by atoms with Crippen molar-refractivity contribution in [2.24, 2.45) is 5.92 Å². The smallest absolute Gasteiger partial charge is 0.160 e. The first-order chi connectivity index (χ1) is 14.2. The summed E-state index contributed by atoms with van der Waals surface area (Å²) >= 11 is 0. The molecule has 0 radical (unpaired) electrons. The summed E-state index contributed by atoms with van der Waals surface area (Å²) < 4.78 is 5.78. The summed E-state index contributed by atoms with van der Waals surface area (Å²) in [5.41, 5.74) is 7.15. The molecule has 3 nitrogen and oxygen atoms in total. The summed E-state index contributed by atoms with van der Waals surface area (Å²) in [6, 6.07) is 23.0. The van der Waals surface area contributed by atoms with E-state index in [0.717, 1.165) is 50.8 Å². The van der Waals surface area contributed by atoms with Crippen molar-refractivity contribution < 1.29 is 4.42 Å². The molecule has 0 bridgehead atoms. The van der Waals surface area contributed by atoms with Gasteiger partial charge in [0, 0.05) is 33.8 Å². The molecule has 3 heterocycles. The van der Waals surface area contributed by atoms with Crippen LogP contribution in [0.1, 0.15) is 19.5 Å². The van der Waals surface area contributed by atoms with E-state index in [4.69, 9.17) is 14.4 Å². The predicted octanol–water partition coefficient (Wildman–Crippen LogP) is 6.91. The molecule has 0 unspecified atom stereocenters. The zero-order valence-corrected chi connectivity index (χ0v) is 16.6. The number of fused-ring (bicyclic) bond motifs is 3. The Balaban J connectivity index is 1.65. The van der Waals surface area contributed by atoms with Gasteiger partial charge in [0.15, 0.2) is 5.58 Å². The van der Waals surface area contributed by atoms with Gasteiger partial charge in [0.2, 0.25) is 0 Å². The van der Waals surface area contributed by atoms with Crippen molar-refractivity contribution in [1.29, 1.82) is 0 Å². The molecule has 0 aliphatic rings. The van der Waals surface area contributed by atoms with E-state index < -0.39 is 0 Å². The SMILES string of the molecule is CC(C)Cc1ccc2c(-c3ccc(-c4ccccc4)cn3)cc3ccoc3c2n1. The van der Waals surface area contributed by atoms with Gasteiger partial charge in [-0.15, -0.1) is 0 Å². The Bertz CT molecular complexity index is 1290. The number of furan rings is 1. The van der Waals surface area contributed by atoms with Crippen molar-refractivity contribution in [1.82, 2.24) is 9.97 Å². The highest BCUT2D eigenvalue weighted by atomic mass is 16.3. The molecular formula is C26H22N2O. The van der Waals surface area contributed by atoms with Crippen LogP contribution in [0.2, 0.25) is 0 Å². The molecule has 3 aromatic heterocycles. The molecule has 29 heavy (non-hydrogen) atoms. The highest BCUT2D eigenvalue weighted by Crippen LogP contribution is 2.34. The molecule has 3 heteroatoms. The zero-order valence-electron chi connectivity index (χ0n) is 16.6. The van der Waals surface area contributed by atoms with Crippen LogP contribution in [0, 0.1) is 5.92 Å². The summed E-state index contributed by atoms with van der Waals surface area (Å²) in [6.07, 6.45) is 4.62. The Morgan fingerprint density at radius 1 is 0.897 bits per heavy atom. The molecule has 142 valence electrons. The number of pyridine rings is 2. The number of benzene rings is 2. The van der Waals surface area contributed by atoms with Gasteiger partial charge in [-0.2, -0.15) is 0 Å². The molecule has 0 spiro atoms. The molecule has 0 fully saturated rings. The lowest BCUT2D eigenvalue weighted by molar-refractivity contribution is 0.616. The van der Waals surface area contributed by atoms with Gasteiger partial charge in [0.1, 0.15) is 5.52 Å². The number of hydrogen-bond donors (Lipinski definition) is 0. The van der Waals surface area contributed by atoms with E-state index in [9.17, 15) is 0 Å². The molecule has 2 aromatic carbocycles. The van der Waals surface area contributed by atoms with Crippen molar-refractivity contribution in [3.8, 4) is 22.4 Å². The van der Waals surface area contributed by atoms with Gasteiger partial charge in [-0.05, 0) is 42.2 Å². The number of rotatable bonds is 4. The Morgan fingerprint density at radius 3 is 2.52 bits per heavy atom. The zero-order chi connectivity index (χ0) is 19.8. The molecule has 0 saturated carbocycles. The average molecular weight is 378 g/mol. The standard InChI is InChI=1S/C26H22N2O/c1-17(2)14-21-9-10-22-23(15-19-12-13-29-26(19)25(22)28-21)24-11-8-20(16-27-24)18-6-4-3-5-7-18/h3-13,15-17H,14H2,1-2H3. The van der Waals surface area contributed by atoms with Crippen molar-refractivity contribution in [3.05, 3.63) is 84.9 Å². The fourth-order valence-corrected chi connectivity index (χ4v) is 3.85. The van der Waals surface area contributed by atoms with Crippen LogP contribution >= 0.6 is 0 Å². The molecule has 5 aromatic rings. The summed E-state index contributed by atoms with van der Waals surface area (Å²) in [4.78, 5) is 9.72. The quantitative estimate of drug-likeness (QED) is 0.341. The first-order valence-corrected chi connectivity index (χ1v) is 10.0. The first kappa shape index (κ1) is 17.6. The molecule has 0 atom stereocenters. The fourth-order valence-electron chi connectivity index (χ4n) is 3.85. The average Bonchev–Trinajstić information content (AvgIpc) is 3.22. The van der Waals surface area contributed by atoms with Crippen LogP contribution in [0.15, 0.2) is 83.6 Å². The lowest BCUT2D eigenvalue weighted by Gasteiger charge is -2.10. The minimum absolute atomic E-state index is 0.558. The number of hydrogen-bond acceptors (Lipinski definition) is 3. The van der Waals surface area contributed by atoms with Crippen LogP contribution in [0.3, 0.4) is 0 Å². The topological polar surface area (TPSA) is 38.9 Å². The molecule has 5 rings (SSSR count). The minimum Gasteiger partial charge on any atom is -0.462 e. The van der Waals surface area contributed by atoms with Crippen LogP contribution in [-0.4, -0.2) is 9.97 Å². The summed E-state index contributed by atoms with van der Waals surface area (Å²) in [7, 11) is 0. The maximum Gasteiger partial charge on any atom is 0.160 e. The van der Waals surface area contributed by atoms with E-state index >= 15 is 0 Å². The minimum atomic E-state index is 0.558. The van der Waals surface area contributed by atoms with Crippen LogP contribution < -0.4 is 0 Å². The van der Waals surface area contributed by atoms with Gasteiger partial charge < -0.3 is 4.42 Å². The van der Waals surface area contributed by atoms with Crippen molar-refractivity contribution in [2.45, 2.75) is 20.3 Å². The molecule has 0 aliphatic heterocycles. The number of nitrogens with zero attached hydrogens (tertiary/aromatic N) is 2. The van der Waals surface area contributed by atoms with E-state index in [1.165, 1.54) is 5.56 Å². The maximum absolute atomic E-state index is 5.78. The fraction of sp³-hybridized carbons (Fsp3) is 0.154. The maximum atomic E-state index is 5.78. The normalized spacial score (nSPS) is 11.6. The van der Waals surface area contributed by atoms with E-state index in [2.05, 4.69) is 56.3 Å². The molecule has 0 N–H and O–H groups in total. The first-order valence-electron chi connectivity index (χ1n) is 10.0. The molecule has 0 amide bonds. The van der Waals surface area contributed by atoms with Gasteiger partial charge in [-0.1, -0.05) is 56.3 Å². The second-order valence-electron chi connectivity index (χ2n) is 7.86. The van der Waals surface area contributed by atoms with E-state index in [1.807, 2.05) is 30.5 Å². The second-order valence-corrected chi connectivity index (χ2v) is 7.86. The Morgan fingerprint density at radius 2 is 1.76 bits per heavy atom. The van der Waals surface area contributed by atoms with Crippen LogP contribution in [0.5, 0.6) is 0 Å². The van der Waals surface area contributed by atoms with Crippen LogP contribution in [-0.2, 0) is 6.42 Å². The van der Waals surface area contributed by atoms with E-state index in [1.54, 1.807) is 6.26 Å². The third-order valence-electron chi connectivity index (χ3n) is 5.22. The molecular weight excluding hydrogens is 356 g/mol. The largest absolute Gasteiger partial charge is 0.462 e. The second kappa shape index (κ2) is 7.17. The van der Waals surface area contributed by atoms with Gasteiger partial charge in [0.25, 0.3) is 0 Å². The van der Waals surface area contributed by atoms with Crippen molar-refractivity contribution in [2.75, 3.05) is 0 Å². The van der Waals surface area contributed by atoms with Crippen molar-refractivity contribution in [3.63, 3.8) is 0 Å². The Labute approximate surface area is 170 Å². The summed E-state index contributed by atoms with van der Waals surface area (Å²) in [5, 5.41) is 2.12. The van der Waals surface area contributed by atoms with Gasteiger partial charge >= 0.3 is 0 Å². The lowest BCUT2D eigenvalue weighted by Crippen LogP contribution is -1.98. The third kappa shape index (κ3) is 3.29. The molecule has 0 aliphatic carbocycles. The monoisotopic (exact) mass is 378 g/mol. The van der Waals surface area contributed by atoms with Crippen molar-refractivity contribution >= 4 is 21.9 Å². The lowest BCUT2D eigenvalue weighted by atomic mass is 9.99. The highest BCUT2D eigenvalue weighted by molar-refractivity contribution is 6.09. The van der Waals surface area contributed by atoms with E-state index in [0.29, 0.717) is 5.92 Å². The van der Waals surface area contributed by atoms with E-state index in [-0.39, 0.29) is 0 Å². The molecule has 0 saturated heterocycles.